The van der Waals surface area contributed by atoms with Gasteiger partial charge in [0.15, 0.2) is 17.6 Å². The number of ketones is 1. The van der Waals surface area contributed by atoms with E-state index in [0.717, 1.165) is 62.0 Å². The highest BCUT2D eigenvalue weighted by Gasteiger charge is 2.55. The molecule has 1 aliphatic carbocycles. The van der Waals surface area contributed by atoms with E-state index in [1.54, 1.807) is 20.2 Å². The summed E-state index contributed by atoms with van der Waals surface area (Å²) in [6.07, 6.45) is -5.50. The number of para-hydroxylation sites is 1. The Kier molecular flexibility index (Phi) is 14.8. The van der Waals surface area contributed by atoms with Gasteiger partial charge >= 0.3 is 12.1 Å². The van der Waals surface area contributed by atoms with Gasteiger partial charge < -0.3 is 78.8 Å². The normalized spacial score (nSPS) is 26.1. The number of fused-ring (bicyclic) bond motifs is 13. The lowest BCUT2D eigenvalue weighted by Gasteiger charge is -2.50. The van der Waals surface area contributed by atoms with Crippen LogP contribution in [0.2, 0.25) is 0 Å². The van der Waals surface area contributed by atoms with Gasteiger partial charge in [-0.05, 0) is 86.6 Å². The first kappa shape index (κ1) is 54.3. The SMILES string of the molecule is COC1C(N(C)C(=O)OCc2ccc(OC3OC(C(=O)O)C(O)C(O)C3O)c(NC(=O)CCNC(=O)CCCCCN3C(=O)C=CC3O)c2)CC2OC1(C)n1c3ccccc3c3c4c(c5c6c#cccc6n2c5c31)C(=O)CCCC4. The number of hydrogen-bond acceptors (Lipinski definition) is 15. The highest BCUT2D eigenvalue weighted by atomic mass is 16.7. The number of ether oxygens (including phenoxy) is 5. The standard InChI is InChI=1S/C58H62N6O16/c1-58-54(76-3)37(28-44(80-58)63-35-16-9-6-13-31(35)47-46-33(15-8-11-18-38(46)65)45-32-14-7-10-17-36(32)64(58)49(45)48(47)63)61(2)57(75)77-29-30-20-21-39(78-56-52(72)50(70)51(71)53(79-56)55(73)74)34(27-30)60-41(67)24-25-59-40(66)19-5-4-12-26-62-42(68)22-23-43(62)69/h7,9-10,14,16-17,20-23,27,37,42,44,50-54,56,68,70-72H,4-5,8,11-12,15,18-19,24-26,28-29H2,1-3H3,(H,59,66)(H,60,67)(H,73,74). The van der Waals surface area contributed by atoms with Crippen molar-refractivity contribution in [2.24, 2.45) is 0 Å². The van der Waals surface area contributed by atoms with Gasteiger partial charge in [0.25, 0.3) is 0 Å². The summed E-state index contributed by atoms with van der Waals surface area (Å²) in [6.45, 7) is 1.91. The molecule has 10 unspecified atom stereocenters. The second kappa shape index (κ2) is 21.8. The van der Waals surface area contributed by atoms with Crippen LogP contribution in [0.4, 0.5) is 10.5 Å². The minimum absolute atomic E-state index is 0.0341. The number of Topliss-reactive ketones (excluding diaryl/α,β-unsaturated/α-hetero) is 1. The number of anilines is 1. The lowest BCUT2D eigenvalue weighted by molar-refractivity contribution is -0.271. The first-order chi connectivity index (χ1) is 38.5. The number of likely N-dealkylation sites (N-methyl/N-ethyl adjacent to an activating group) is 1. The number of aromatic nitrogens is 2. The molecule has 2 bridgehead atoms. The number of carbonyl (C=O) groups excluding carboxylic acids is 5. The molecule has 2 saturated heterocycles. The maximum Gasteiger partial charge on any atom is 0.410 e. The Morgan fingerprint density at radius 3 is 2.49 bits per heavy atom. The summed E-state index contributed by atoms with van der Waals surface area (Å²) in [5.74, 6) is -2.88. The van der Waals surface area contributed by atoms with E-state index >= 15 is 0 Å². The van der Waals surface area contributed by atoms with Crippen LogP contribution in [0.3, 0.4) is 0 Å². The van der Waals surface area contributed by atoms with Crippen molar-refractivity contribution in [3.63, 3.8) is 0 Å². The van der Waals surface area contributed by atoms with E-state index in [2.05, 4.69) is 38.0 Å². The number of nitrogens with zero attached hydrogens (tertiary/aromatic N) is 4. The number of benzene rings is 3. The average Bonchev–Trinajstić information content (AvgIpc) is 1.84. The lowest BCUT2D eigenvalue weighted by atomic mass is 9.91. The summed E-state index contributed by atoms with van der Waals surface area (Å²) in [7, 11) is 3.20. The van der Waals surface area contributed by atoms with Crippen LogP contribution in [0.5, 0.6) is 5.75 Å². The third kappa shape index (κ3) is 9.45. The maximum atomic E-state index is 14.5. The number of amides is 4. The number of aliphatic carboxylic acids is 1. The molecule has 7 N–H and O–H groups in total. The van der Waals surface area contributed by atoms with Gasteiger partial charge in [0, 0.05) is 80.7 Å². The van der Waals surface area contributed by atoms with Gasteiger partial charge in [-0.25, -0.2) is 9.59 Å². The summed E-state index contributed by atoms with van der Waals surface area (Å²) in [6, 6.07) is 21.9. The number of rotatable bonds is 17. The van der Waals surface area contributed by atoms with E-state index in [9.17, 15) is 54.3 Å². The van der Waals surface area contributed by atoms with E-state index in [1.807, 2.05) is 31.2 Å². The minimum atomic E-state index is -1.99. The number of aryl methyl sites for hydroxylation is 1. The van der Waals surface area contributed by atoms with Crippen molar-refractivity contribution in [2.45, 2.75) is 139 Å². The molecule has 0 radical (unpaired) electrons. The molecule has 4 aliphatic heterocycles. The van der Waals surface area contributed by atoms with E-state index in [1.165, 1.54) is 40.2 Å². The van der Waals surface area contributed by atoms with Gasteiger partial charge in [0.1, 0.15) is 49.2 Å². The first-order valence-electron chi connectivity index (χ1n) is 26.9. The molecule has 10 atom stereocenters. The molecule has 420 valence electrons. The van der Waals surface area contributed by atoms with Crippen LogP contribution >= 0.6 is 0 Å². The summed E-state index contributed by atoms with van der Waals surface area (Å²) < 4.78 is 35.3. The number of carboxylic acid groups (broad SMARTS) is 1. The Bertz CT molecular complexity index is 3500. The van der Waals surface area contributed by atoms with Crippen LogP contribution in [-0.2, 0) is 56.9 Å². The van der Waals surface area contributed by atoms with Crippen molar-refractivity contribution in [1.82, 2.24) is 24.3 Å². The number of carboxylic acids is 1. The number of aliphatic hydroxyl groups excluding tert-OH is 4. The fourth-order valence-electron chi connectivity index (χ4n) is 12.5. The topological polar surface area (TPSA) is 290 Å². The highest BCUT2D eigenvalue weighted by Crippen LogP contribution is 2.54. The molecule has 4 amide bonds. The molecule has 5 aliphatic rings. The summed E-state index contributed by atoms with van der Waals surface area (Å²) in [5.41, 5.74) is 4.18. The molecule has 0 spiro atoms. The fraction of sp³-hybridized carbons (Fsp3) is 0.448. The van der Waals surface area contributed by atoms with Gasteiger partial charge in [-0.2, -0.15) is 0 Å². The molecule has 22 heteroatoms. The van der Waals surface area contributed by atoms with Gasteiger partial charge in [-0.15, -0.1) is 0 Å². The molecule has 0 saturated carbocycles. The molecular weight excluding hydrogens is 1040 g/mol. The lowest BCUT2D eigenvalue weighted by Crippen LogP contribution is -2.61. The van der Waals surface area contributed by atoms with Crippen LogP contribution < -0.4 is 15.4 Å². The third-order valence-corrected chi connectivity index (χ3v) is 16.3. The molecule has 6 aromatic rings. The van der Waals surface area contributed by atoms with Crippen LogP contribution in [0.1, 0.15) is 92.4 Å². The number of carbonyl (C=O) groups is 6. The average molecular weight is 1100 g/mol. The van der Waals surface area contributed by atoms with Gasteiger partial charge in [-0.3, -0.25) is 19.2 Å². The first-order valence-corrected chi connectivity index (χ1v) is 26.9. The second-order valence-electron chi connectivity index (χ2n) is 21.2. The number of unbranched alkanes of at least 4 members (excludes halogenated alkanes) is 2. The van der Waals surface area contributed by atoms with E-state index in [0.29, 0.717) is 49.8 Å². The molecule has 6 heterocycles. The van der Waals surface area contributed by atoms with Crippen LogP contribution in [0.15, 0.2) is 66.7 Å². The molecule has 4 aromatic carbocycles. The largest absolute Gasteiger partial charge is 0.479 e. The van der Waals surface area contributed by atoms with Crippen molar-refractivity contribution >= 4 is 84.9 Å². The Hall–Kier alpha value is -7.62. The van der Waals surface area contributed by atoms with Gasteiger partial charge in [0.05, 0.1) is 39.2 Å². The summed E-state index contributed by atoms with van der Waals surface area (Å²) >= 11 is 0. The molecular formula is C58H62N6O16. The van der Waals surface area contributed by atoms with E-state index in [4.69, 9.17) is 23.7 Å². The zero-order chi connectivity index (χ0) is 56.3. The Morgan fingerprint density at radius 2 is 1.71 bits per heavy atom. The van der Waals surface area contributed by atoms with Crippen molar-refractivity contribution in [3.8, 4) is 5.75 Å². The van der Waals surface area contributed by atoms with Crippen molar-refractivity contribution < 1.29 is 78.0 Å². The minimum Gasteiger partial charge on any atom is -0.479 e. The second-order valence-corrected chi connectivity index (χ2v) is 21.2. The van der Waals surface area contributed by atoms with Crippen molar-refractivity contribution in [2.75, 3.05) is 32.6 Å². The van der Waals surface area contributed by atoms with E-state index < -0.39 is 79.0 Å². The summed E-state index contributed by atoms with van der Waals surface area (Å²) in [4.78, 5) is 81.6. The Balaban J connectivity index is 0.835. The quantitative estimate of drug-likeness (QED) is 0.0483. The van der Waals surface area contributed by atoms with Crippen LogP contribution in [-0.4, -0.2) is 156 Å². The number of methoxy groups -OCH3 is 1. The Morgan fingerprint density at radius 1 is 0.912 bits per heavy atom. The monoisotopic (exact) mass is 1100 g/mol. The van der Waals surface area contributed by atoms with Gasteiger partial charge in [-0.1, -0.05) is 42.8 Å². The number of hydrogen-bond donors (Lipinski definition) is 7. The predicted molar refractivity (Wildman–Crippen MR) is 286 cm³/mol. The van der Waals surface area contributed by atoms with E-state index in [-0.39, 0.29) is 61.4 Å². The fourth-order valence-corrected chi connectivity index (χ4v) is 12.5. The number of nitrogens with one attached hydrogen (secondary N) is 2. The van der Waals surface area contributed by atoms with Gasteiger partial charge in [0.2, 0.25) is 24.0 Å². The molecule has 22 nitrogen and oxygen atoms in total. The highest BCUT2D eigenvalue weighted by molar-refractivity contribution is 6.30. The zero-order valence-electron chi connectivity index (χ0n) is 44.3. The molecule has 11 rings (SSSR count). The van der Waals surface area contributed by atoms with Crippen molar-refractivity contribution in [3.05, 3.63) is 95.6 Å². The smallest absolute Gasteiger partial charge is 0.410 e. The predicted octanol–water partition coefficient (Wildman–Crippen LogP) is 4.66. The van der Waals surface area contributed by atoms with Crippen LogP contribution in [0.25, 0.3) is 43.6 Å². The van der Waals surface area contributed by atoms with Crippen LogP contribution in [0, 0.1) is 12.1 Å². The zero-order valence-corrected chi connectivity index (χ0v) is 44.3. The van der Waals surface area contributed by atoms with Crippen molar-refractivity contribution in [1.29, 1.82) is 0 Å². The third-order valence-electron chi connectivity index (χ3n) is 16.3. The Labute approximate surface area is 458 Å². The number of aliphatic hydroxyl groups is 4. The maximum absolute atomic E-state index is 14.5. The summed E-state index contributed by atoms with van der Waals surface area (Å²) in [5, 5.41) is 60.1. The molecule has 80 heavy (non-hydrogen) atoms. The molecule has 2 aromatic heterocycles. The molecule has 2 fully saturated rings.